The zero-order valence-electron chi connectivity index (χ0n) is 15.1. The maximum atomic E-state index is 11.2. The summed E-state index contributed by atoms with van der Waals surface area (Å²) >= 11 is 0. The van der Waals surface area contributed by atoms with Crippen molar-refractivity contribution in [2.75, 3.05) is 10.6 Å². The third-order valence-electron chi connectivity index (χ3n) is 3.09. The lowest BCUT2D eigenvalue weighted by Gasteiger charge is -2.06. The maximum absolute atomic E-state index is 11.2. The number of anilines is 2. The van der Waals surface area contributed by atoms with Crippen LogP contribution in [0.2, 0.25) is 0 Å². The molecule has 2 N–H and O–H groups in total. The Labute approximate surface area is 157 Å². The van der Waals surface area contributed by atoms with Gasteiger partial charge in [-0.3, -0.25) is 19.0 Å². The molecule has 0 aliphatic carbocycles. The van der Waals surface area contributed by atoms with Crippen molar-refractivity contribution in [2.24, 2.45) is 25.9 Å². The molecule has 0 fully saturated rings. The van der Waals surface area contributed by atoms with Crippen LogP contribution in [0.25, 0.3) is 0 Å². The average molecular weight is 367 g/mol. The third-order valence-corrected chi connectivity index (χ3v) is 3.09. The van der Waals surface area contributed by atoms with E-state index in [1.165, 1.54) is 0 Å². The smallest absolute Gasteiger partial charge is 0.228 e. The molecule has 0 spiro atoms. The van der Waals surface area contributed by atoms with E-state index in [2.05, 4.69) is 20.8 Å². The molecule has 8 heteroatoms. The molecule has 0 aliphatic heterocycles. The van der Waals surface area contributed by atoms with Gasteiger partial charge in [0.05, 0.1) is 18.1 Å². The minimum absolute atomic E-state index is 0. The van der Waals surface area contributed by atoms with Gasteiger partial charge in [-0.15, -0.1) is 0 Å². The van der Waals surface area contributed by atoms with Gasteiger partial charge >= 0.3 is 0 Å². The van der Waals surface area contributed by atoms with Crippen LogP contribution in [0.5, 0.6) is 0 Å². The van der Waals surface area contributed by atoms with Crippen molar-refractivity contribution in [1.82, 2.24) is 19.6 Å². The lowest BCUT2D eigenvalue weighted by Crippen LogP contribution is -2.19. The van der Waals surface area contributed by atoms with Gasteiger partial charge < -0.3 is 10.6 Å². The standard InChI is InChI=1S/2C8H13N3O.2CH4/c1-6(2)8(12)10-7-4-9-11(3)5-7;1-6(2)8(12)10-7-4-5-9-11(7)3;;/h2*4-6H,1-3H3,(H,10,12);2*1H4. The number of hydrogen-bond acceptors (Lipinski definition) is 4. The summed E-state index contributed by atoms with van der Waals surface area (Å²) in [4.78, 5) is 22.4. The molecule has 0 aliphatic rings. The Morgan fingerprint density at radius 1 is 0.962 bits per heavy atom. The van der Waals surface area contributed by atoms with Gasteiger partial charge in [0.25, 0.3) is 0 Å². The van der Waals surface area contributed by atoms with Crippen molar-refractivity contribution in [1.29, 1.82) is 0 Å². The molecule has 2 heterocycles. The van der Waals surface area contributed by atoms with Crippen LogP contribution in [0.1, 0.15) is 42.5 Å². The summed E-state index contributed by atoms with van der Waals surface area (Å²) in [6.07, 6.45) is 5.04. The number of aryl methyl sites for hydroxylation is 2. The second-order valence-electron chi connectivity index (χ2n) is 6.03. The summed E-state index contributed by atoms with van der Waals surface area (Å²) in [6.45, 7) is 7.41. The van der Waals surface area contributed by atoms with Gasteiger partial charge in [-0.25, -0.2) is 0 Å². The number of nitrogens with zero attached hydrogens (tertiary/aromatic N) is 4. The molecule has 2 amide bonds. The van der Waals surface area contributed by atoms with E-state index >= 15 is 0 Å². The molecule has 2 aromatic rings. The SMILES string of the molecule is C.C.CC(C)C(=O)Nc1ccnn1C.CC(C)C(=O)Nc1cnn(C)c1. The first-order valence-electron chi connectivity index (χ1n) is 7.79. The van der Waals surface area contributed by atoms with Crippen molar-refractivity contribution in [3.05, 3.63) is 24.7 Å². The molecule has 26 heavy (non-hydrogen) atoms. The normalized spacial score (nSPS) is 9.54. The summed E-state index contributed by atoms with van der Waals surface area (Å²) in [5.41, 5.74) is 0.746. The van der Waals surface area contributed by atoms with Crippen LogP contribution < -0.4 is 10.6 Å². The highest BCUT2D eigenvalue weighted by molar-refractivity contribution is 5.92. The van der Waals surface area contributed by atoms with Gasteiger partial charge in [0, 0.05) is 38.2 Å². The van der Waals surface area contributed by atoms with Crippen LogP contribution >= 0.6 is 0 Å². The van der Waals surface area contributed by atoms with E-state index in [9.17, 15) is 9.59 Å². The minimum Gasteiger partial charge on any atom is -0.323 e. The fourth-order valence-electron chi connectivity index (χ4n) is 1.54. The summed E-state index contributed by atoms with van der Waals surface area (Å²) < 4.78 is 3.27. The largest absolute Gasteiger partial charge is 0.323 e. The minimum atomic E-state index is -0.0000926. The number of rotatable bonds is 4. The molecular weight excluding hydrogens is 332 g/mol. The molecular formula is C18H34N6O2. The van der Waals surface area contributed by atoms with Crippen LogP contribution in [0.3, 0.4) is 0 Å². The van der Waals surface area contributed by atoms with E-state index < -0.39 is 0 Å². The second-order valence-corrected chi connectivity index (χ2v) is 6.03. The van der Waals surface area contributed by atoms with Crippen molar-refractivity contribution in [2.45, 2.75) is 42.5 Å². The van der Waals surface area contributed by atoms with E-state index in [0.717, 1.165) is 11.5 Å². The predicted molar refractivity (Wildman–Crippen MR) is 107 cm³/mol. The molecule has 2 aromatic heterocycles. The van der Waals surface area contributed by atoms with Gasteiger partial charge in [0.15, 0.2) is 0 Å². The summed E-state index contributed by atoms with van der Waals surface area (Å²) in [5.74, 6) is 0.764. The van der Waals surface area contributed by atoms with Gasteiger partial charge in [0.1, 0.15) is 5.82 Å². The van der Waals surface area contributed by atoms with Crippen molar-refractivity contribution < 1.29 is 9.59 Å². The predicted octanol–water partition coefficient (Wildman–Crippen LogP) is 3.30. The number of nitrogens with one attached hydrogen (secondary N) is 2. The van der Waals surface area contributed by atoms with E-state index in [4.69, 9.17) is 0 Å². The number of aromatic nitrogens is 4. The molecule has 8 nitrogen and oxygen atoms in total. The third kappa shape index (κ3) is 8.46. The molecule has 0 saturated carbocycles. The Hall–Kier alpha value is -2.64. The van der Waals surface area contributed by atoms with Crippen molar-refractivity contribution in [3.63, 3.8) is 0 Å². The number of hydrogen-bond donors (Lipinski definition) is 2. The number of amides is 2. The quantitative estimate of drug-likeness (QED) is 0.868. The second kappa shape index (κ2) is 11.8. The Morgan fingerprint density at radius 2 is 1.50 bits per heavy atom. The maximum Gasteiger partial charge on any atom is 0.228 e. The fourth-order valence-corrected chi connectivity index (χ4v) is 1.54. The van der Waals surface area contributed by atoms with E-state index in [1.54, 1.807) is 41.1 Å². The first-order valence-corrected chi connectivity index (χ1v) is 7.79. The zero-order valence-corrected chi connectivity index (χ0v) is 15.1. The van der Waals surface area contributed by atoms with Crippen LogP contribution in [0.15, 0.2) is 24.7 Å². The Morgan fingerprint density at radius 3 is 1.88 bits per heavy atom. The topological polar surface area (TPSA) is 93.8 Å². The lowest BCUT2D eigenvalue weighted by atomic mass is 10.2. The molecule has 0 aromatic carbocycles. The molecule has 2 rings (SSSR count). The van der Waals surface area contributed by atoms with Gasteiger partial charge in [-0.2, -0.15) is 10.2 Å². The monoisotopic (exact) mass is 366 g/mol. The van der Waals surface area contributed by atoms with Gasteiger partial charge in [0.2, 0.25) is 11.8 Å². The number of carbonyl (C=O) groups is 2. The van der Waals surface area contributed by atoms with E-state index in [0.29, 0.717) is 0 Å². The molecule has 0 radical (unpaired) electrons. The molecule has 0 saturated heterocycles. The lowest BCUT2D eigenvalue weighted by molar-refractivity contribution is -0.119. The average Bonchev–Trinajstić information content (AvgIpc) is 3.08. The van der Waals surface area contributed by atoms with E-state index in [1.807, 2.05) is 34.7 Å². The summed E-state index contributed by atoms with van der Waals surface area (Å²) in [6, 6.07) is 1.76. The molecule has 0 atom stereocenters. The van der Waals surface area contributed by atoms with Crippen LogP contribution in [-0.4, -0.2) is 31.4 Å². The van der Waals surface area contributed by atoms with Gasteiger partial charge in [-0.1, -0.05) is 42.5 Å². The highest BCUT2D eigenvalue weighted by atomic mass is 16.2. The Balaban J connectivity index is 0. The Kier molecular flexibility index (Phi) is 11.7. The zero-order chi connectivity index (χ0) is 18.3. The first-order chi connectivity index (χ1) is 11.2. The van der Waals surface area contributed by atoms with Crippen LogP contribution in [0, 0.1) is 11.8 Å². The van der Waals surface area contributed by atoms with Crippen LogP contribution in [-0.2, 0) is 23.7 Å². The fraction of sp³-hybridized carbons (Fsp3) is 0.556. The Bertz CT molecular complexity index is 673. The van der Waals surface area contributed by atoms with Crippen LogP contribution in [0.4, 0.5) is 11.5 Å². The van der Waals surface area contributed by atoms with E-state index in [-0.39, 0.29) is 38.5 Å². The van der Waals surface area contributed by atoms with Gasteiger partial charge in [-0.05, 0) is 0 Å². The van der Waals surface area contributed by atoms with Crippen molar-refractivity contribution in [3.8, 4) is 0 Å². The summed E-state index contributed by atoms with van der Waals surface area (Å²) in [7, 11) is 3.60. The molecule has 0 unspecified atom stereocenters. The molecule has 0 bridgehead atoms. The highest BCUT2D eigenvalue weighted by Crippen LogP contribution is 2.06. The number of carbonyl (C=O) groups excluding carboxylic acids is 2. The summed E-state index contributed by atoms with van der Waals surface area (Å²) in [5, 5.41) is 13.4. The van der Waals surface area contributed by atoms with Crippen molar-refractivity contribution >= 4 is 23.3 Å². The first kappa shape index (κ1) is 25.6. The molecule has 148 valence electrons. The highest BCUT2D eigenvalue weighted by Gasteiger charge is 2.08.